The number of hydrogen-bond donors (Lipinski definition) is 0. The molecule has 0 amide bonds. The topological polar surface area (TPSA) is 65.8 Å². The van der Waals surface area contributed by atoms with Crippen molar-refractivity contribution in [2.75, 3.05) is 0 Å². The van der Waals surface area contributed by atoms with Gasteiger partial charge >= 0.3 is 0 Å². The smallest absolute Gasteiger partial charge is 0.106 e. The molecule has 0 atom stereocenters. The van der Waals surface area contributed by atoms with E-state index >= 15 is 0 Å². The molecular weight excluding hydrogens is 142 g/mol. The Morgan fingerprint density at radius 1 is 1.27 bits per heavy atom. The highest BCUT2D eigenvalue weighted by Crippen LogP contribution is 2.08. The summed E-state index contributed by atoms with van der Waals surface area (Å²) in [5.74, 6) is 0. The molecule has 4 nitrogen and oxygen atoms in total. The summed E-state index contributed by atoms with van der Waals surface area (Å²) >= 11 is 0. The van der Waals surface area contributed by atoms with Crippen molar-refractivity contribution in [2.24, 2.45) is 5.11 Å². The summed E-state index contributed by atoms with van der Waals surface area (Å²) in [5.41, 5.74) is 8.63. The van der Waals surface area contributed by atoms with E-state index in [1.807, 2.05) is 25.0 Å². The number of hydrogen-bond acceptors (Lipinski definition) is 2. The van der Waals surface area contributed by atoms with E-state index in [2.05, 4.69) is 10.0 Å². The lowest BCUT2D eigenvalue weighted by atomic mass is 10.3. The molecule has 1 aromatic rings. The minimum absolute atomic E-state index is 0.653. The van der Waals surface area contributed by atoms with Gasteiger partial charge in [-0.25, -0.2) is 0 Å². The first-order chi connectivity index (χ1) is 5.43. The summed E-state index contributed by atoms with van der Waals surface area (Å²) in [5, 5.41) is 3.39. The Labute approximate surface area is 64.1 Å². The van der Waals surface area contributed by atoms with Crippen LogP contribution in [0.3, 0.4) is 0 Å². The van der Waals surface area contributed by atoms with Gasteiger partial charge in [-0.05, 0) is 5.53 Å². The van der Waals surface area contributed by atoms with E-state index in [4.69, 9.17) is 10.3 Å². The Kier molecular flexibility index (Phi) is 5.29. The molecule has 0 N–H and O–H groups in total. The quantitative estimate of drug-likeness (QED) is 0.343. The van der Waals surface area contributed by atoms with Gasteiger partial charge < -0.3 is 4.79 Å². The van der Waals surface area contributed by atoms with Crippen LogP contribution in [0.2, 0.25) is 0 Å². The summed E-state index contributed by atoms with van der Waals surface area (Å²) in [4.78, 5) is 10.6. The SMILES string of the molecule is C=O.[N-]=[N+]=Nc1ccccc1. The first-order valence-corrected chi connectivity index (χ1v) is 2.82. The van der Waals surface area contributed by atoms with Crippen LogP contribution < -0.4 is 0 Å². The van der Waals surface area contributed by atoms with Gasteiger partial charge in [-0.1, -0.05) is 35.4 Å². The van der Waals surface area contributed by atoms with Crippen LogP contribution in [-0.4, -0.2) is 6.79 Å². The second-order valence-corrected chi connectivity index (χ2v) is 1.52. The van der Waals surface area contributed by atoms with E-state index in [0.717, 1.165) is 0 Å². The number of nitrogens with zero attached hydrogens (tertiary/aromatic N) is 3. The molecule has 0 fully saturated rings. The van der Waals surface area contributed by atoms with Crippen LogP contribution in [0.25, 0.3) is 10.4 Å². The summed E-state index contributed by atoms with van der Waals surface area (Å²) in [6.07, 6.45) is 0. The van der Waals surface area contributed by atoms with Crippen molar-refractivity contribution in [2.45, 2.75) is 0 Å². The maximum Gasteiger partial charge on any atom is 0.106 e. The Hall–Kier alpha value is -1.80. The normalized spacial score (nSPS) is 6.91. The largest absolute Gasteiger partial charge is 0.307 e. The zero-order valence-electron chi connectivity index (χ0n) is 5.84. The zero-order valence-corrected chi connectivity index (χ0v) is 5.84. The zero-order chi connectivity index (χ0) is 8.53. The van der Waals surface area contributed by atoms with Crippen molar-refractivity contribution in [1.82, 2.24) is 0 Å². The fourth-order valence-electron chi connectivity index (χ4n) is 0.546. The van der Waals surface area contributed by atoms with Crippen LogP contribution >= 0.6 is 0 Å². The molecule has 0 unspecified atom stereocenters. The molecule has 0 aliphatic carbocycles. The fourth-order valence-corrected chi connectivity index (χ4v) is 0.546. The number of rotatable bonds is 1. The third-order valence-corrected chi connectivity index (χ3v) is 0.916. The third-order valence-electron chi connectivity index (χ3n) is 0.916. The minimum atomic E-state index is 0.653. The number of azide groups is 1. The summed E-state index contributed by atoms with van der Waals surface area (Å²) in [6, 6.07) is 9.02. The average Bonchev–Trinajstić information content (AvgIpc) is 2.11. The Morgan fingerprint density at radius 2 is 1.82 bits per heavy atom. The molecule has 0 aliphatic rings. The van der Waals surface area contributed by atoms with Crippen molar-refractivity contribution in [3.8, 4) is 0 Å². The number of carbonyl (C=O) groups excluding carboxylic acids is 1. The van der Waals surface area contributed by atoms with Gasteiger partial charge in [-0.3, -0.25) is 0 Å². The van der Waals surface area contributed by atoms with Gasteiger partial charge in [-0.15, -0.1) is 0 Å². The van der Waals surface area contributed by atoms with Crippen molar-refractivity contribution in [3.63, 3.8) is 0 Å². The lowest BCUT2D eigenvalue weighted by Gasteiger charge is -1.83. The molecule has 0 radical (unpaired) electrons. The molecular formula is C7H7N3O. The molecule has 56 valence electrons. The Morgan fingerprint density at radius 3 is 2.27 bits per heavy atom. The highest BCUT2D eigenvalue weighted by atomic mass is 16.1. The van der Waals surface area contributed by atoms with Gasteiger partial charge in [0.2, 0.25) is 0 Å². The predicted molar refractivity (Wildman–Crippen MR) is 42.4 cm³/mol. The van der Waals surface area contributed by atoms with E-state index in [1.165, 1.54) is 0 Å². The lowest BCUT2D eigenvalue weighted by molar-refractivity contribution is -0.0979. The molecule has 0 heterocycles. The van der Waals surface area contributed by atoms with Gasteiger partial charge in [0.25, 0.3) is 0 Å². The molecule has 0 bridgehead atoms. The van der Waals surface area contributed by atoms with Gasteiger partial charge in [0, 0.05) is 10.6 Å². The van der Waals surface area contributed by atoms with E-state index in [0.29, 0.717) is 5.69 Å². The summed E-state index contributed by atoms with van der Waals surface area (Å²) in [7, 11) is 0. The Bertz CT molecular complexity index is 241. The van der Waals surface area contributed by atoms with Crippen molar-refractivity contribution in [3.05, 3.63) is 40.8 Å². The minimum Gasteiger partial charge on any atom is -0.307 e. The van der Waals surface area contributed by atoms with Crippen molar-refractivity contribution in [1.29, 1.82) is 0 Å². The first kappa shape index (κ1) is 9.20. The van der Waals surface area contributed by atoms with Gasteiger partial charge in [-0.2, -0.15) is 0 Å². The third kappa shape index (κ3) is 3.72. The molecule has 0 saturated heterocycles. The van der Waals surface area contributed by atoms with Crippen molar-refractivity contribution < 1.29 is 4.79 Å². The van der Waals surface area contributed by atoms with Gasteiger partial charge in [0.1, 0.15) is 6.79 Å². The Balaban J connectivity index is 0.000000461. The summed E-state index contributed by atoms with van der Waals surface area (Å²) in [6.45, 7) is 2.00. The van der Waals surface area contributed by atoms with E-state index in [-0.39, 0.29) is 0 Å². The average molecular weight is 149 g/mol. The van der Waals surface area contributed by atoms with E-state index < -0.39 is 0 Å². The molecule has 0 aromatic heterocycles. The molecule has 0 spiro atoms. The van der Waals surface area contributed by atoms with Crippen LogP contribution in [0, 0.1) is 0 Å². The van der Waals surface area contributed by atoms with Gasteiger partial charge in [0.15, 0.2) is 0 Å². The predicted octanol–water partition coefficient (Wildman–Crippen LogP) is 2.44. The number of benzene rings is 1. The first-order valence-electron chi connectivity index (χ1n) is 2.82. The molecule has 1 aromatic carbocycles. The monoisotopic (exact) mass is 149 g/mol. The molecule has 0 aliphatic heterocycles. The standard InChI is InChI=1S/C6H5N3.CH2O/c7-9-8-6-4-2-1-3-5-6;1-2/h1-5H;1H2. The van der Waals surface area contributed by atoms with Crippen LogP contribution in [0.1, 0.15) is 0 Å². The lowest BCUT2D eigenvalue weighted by Crippen LogP contribution is -1.56. The summed E-state index contributed by atoms with van der Waals surface area (Å²) < 4.78 is 0. The second-order valence-electron chi connectivity index (χ2n) is 1.52. The maximum atomic E-state index is 8.00. The van der Waals surface area contributed by atoms with Crippen LogP contribution in [0.15, 0.2) is 35.4 Å². The fraction of sp³-hybridized carbons (Fsp3) is 0. The molecule has 11 heavy (non-hydrogen) atoms. The van der Waals surface area contributed by atoms with Gasteiger partial charge in [0.05, 0.1) is 0 Å². The molecule has 1 rings (SSSR count). The van der Waals surface area contributed by atoms with Crippen LogP contribution in [0.4, 0.5) is 5.69 Å². The molecule has 0 saturated carbocycles. The molecule has 4 heteroatoms. The van der Waals surface area contributed by atoms with Crippen LogP contribution in [0.5, 0.6) is 0 Å². The number of carbonyl (C=O) groups is 1. The van der Waals surface area contributed by atoms with Crippen molar-refractivity contribution >= 4 is 12.5 Å². The van der Waals surface area contributed by atoms with Crippen LogP contribution in [-0.2, 0) is 4.79 Å². The highest BCUT2D eigenvalue weighted by molar-refractivity contribution is 5.35. The highest BCUT2D eigenvalue weighted by Gasteiger charge is 1.78. The second kappa shape index (κ2) is 6.32. The van der Waals surface area contributed by atoms with E-state index in [1.54, 1.807) is 12.1 Å². The van der Waals surface area contributed by atoms with E-state index in [9.17, 15) is 0 Å². The maximum absolute atomic E-state index is 8.00.